The van der Waals surface area contributed by atoms with Gasteiger partial charge in [0.05, 0.1) is 6.42 Å². The van der Waals surface area contributed by atoms with Gasteiger partial charge in [0.25, 0.3) is 5.91 Å². The zero-order chi connectivity index (χ0) is 19.3. The molecule has 2 aromatic carbocycles. The fraction of sp³-hybridized carbons (Fsp3) is 0.300. The molecule has 0 aliphatic carbocycles. The lowest BCUT2D eigenvalue weighted by Gasteiger charge is -2.18. The number of carbonyl (C=O) groups excluding carboxylic acids is 2. The van der Waals surface area contributed by atoms with Crippen molar-refractivity contribution in [1.29, 1.82) is 0 Å². The number of hydrogen-bond donors (Lipinski definition) is 1. The van der Waals surface area contributed by atoms with Gasteiger partial charge in [-0.3, -0.25) is 9.59 Å². The van der Waals surface area contributed by atoms with Crippen molar-refractivity contribution in [3.63, 3.8) is 0 Å². The van der Waals surface area contributed by atoms with E-state index in [-0.39, 0.29) is 25.7 Å². The summed E-state index contributed by atoms with van der Waals surface area (Å²) < 4.78 is 26.5. The number of nitrogens with one attached hydrogen (secondary N) is 1. The van der Waals surface area contributed by atoms with Gasteiger partial charge in [0.1, 0.15) is 13.2 Å². The average Bonchev–Trinajstić information content (AvgIpc) is 3.18. The monoisotopic (exact) mass is 385 g/mol. The molecule has 0 saturated carbocycles. The smallest absolute Gasteiger partial charge is 0.310 e. The van der Waals surface area contributed by atoms with Crippen LogP contribution in [0.15, 0.2) is 36.4 Å². The molecule has 1 amide bonds. The van der Waals surface area contributed by atoms with E-state index in [1.807, 2.05) is 6.07 Å². The Morgan fingerprint density at radius 3 is 2.36 bits per heavy atom. The maximum Gasteiger partial charge on any atom is 0.310 e. The standard InChI is InChI=1S/C20H19NO7/c22-19(21-10-14-2-4-16-18(8-14)28-12-27-16)11-26-20(23)9-13-1-3-15-17(7-13)25-6-5-24-15/h1-4,7-8H,5-6,9-12H2,(H,21,22). The Kier molecular flexibility index (Phi) is 5.18. The SMILES string of the molecule is O=C(COC(=O)Cc1ccc2c(c1)OCCO2)NCc1ccc2c(c1)OCO2. The number of rotatable bonds is 6. The molecule has 0 fully saturated rings. The molecule has 8 heteroatoms. The topological polar surface area (TPSA) is 92.3 Å². The Labute approximate surface area is 161 Å². The minimum Gasteiger partial charge on any atom is -0.486 e. The molecule has 8 nitrogen and oxygen atoms in total. The summed E-state index contributed by atoms with van der Waals surface area (Å²) in [7, 11) is 0. The van der Waals surface area contributed by atoms with Crippen molar-refractivity contribution in [2.75, 3.05) is 26.6 Å². The highest BCUT2D eigenvalue weighted by Gasteiger charge is 2.15. The van der Waals surface area contributed by atoms with E-state index in [9.17, 15) is 9.59 Å². The average molecular weight is 385 g/mol. The second-order valence-corrected chi connectivity index (χ2v) is 6.28. The first-order chi connectivity index (χ1) is 13.7. The van der Waals surface area contributed by atoms with Gasteiger partial charge in [-0.2, -0.15) is 0 Å². The number of hydrogen-bond acceptors (Lipinski definition) is 7. The lowest BCUT2D eigenvalue weighted by molar-refractivity contribution is -0.147. The first kappa shape index (κ1) is 18.0. The van der Waals surface area contributed by atoms with Crippen LogP contribution in [-0.2, 0) is 27.3 Å². The molecule has 2 aromatic rings. The Hall–Kier alpha value is -3.42. The van der Waals surface area contributed by atoms with Crippen LogP contribution in [0.5, 0.6) is 23.0 Å². The lowest BCUT2D eigenvalue weighted by Crippen LogP contribution is -2.28. The molecule has 0 unspecified atom stereocenters. The zero-order valence-electron chi connectivity index (χ0n) is 15.1. The van der Waals surface area contributed by atoms with Gasteiger partial charge < -0.3 is 29.0 Å². The molecule has 28 heavy (non-hydrogen) atoms. The summed E-state index contributed by atoms with van der Waals surface area (Å²) in [4.78, 5) is 23.9. The van der Waals surface area contributed by atoms with Crippen molar-refractivity contribution in [2.45, 2.75) is 13.0 Å². The van der Waals surface area contributed by atoms with Gasteiger partial charge in [0, 0.05) is 6.54 Å². The number of fused-ring (bicyclic) bond motifs is 2. The van der Waals surface area contributed by atoms with Crippen LogP contribution in [-0.4, -0.2) is 38.5 Å². The molecule has 4 rings (SSSR count). The predicted octanol–water partition coefficient (Wildman–Crippen LogP) is 1.59. The third-order valence-corrected chi connectivity index (χ3v) is 4.25. The van der Waals surface area contributed by atoms with Gasteiger partial charge in [0.15, 0.2) is 29.6 Å². The third-order valence-electron chi connectivity index (χ3n) is 4.25. The number of carbonyl (C=O) groups is 2. The largest absolute Gasteiger partial charge is 0.486 e. The van der Waals surface area contributed by atoms with E-state index in [1.165, 1.54) is 0 Å². The fourth-order valence-corrected chi connectivity index (χ4v) is 2.86. The quantitative estimate of drug-likeness (QED) is 0.755. The Morgan fingerprint density at radius 2 is 1.50 bits per heavy atom. The van der Waals surface area contributed by atoms with E-state index < -0.39 is 5.97 Å². The molecule has 1 N–H and O–H groups in total. The van der Waals surface area contributed by atoms with E-state index in [0.717, 1.165) is 11.1 Å². The van der Waals surface area contributed by atoms with Gasteiger partial charge in [-0.1, -0.05) is 12.1 Å². The Bertz CT molecular complexity index is 896. The predicted molar refractivity (Wildman–Crippen MR) is 96.5 cm³/mol. The summed E-state index contributed by atoms with van der Waals surface area (Å²) in [6.07, 6.45) is 0.0477. The van der Waals surface area contributed by atoms with Crippen LogP contribution in [0.25, 0.3) is 0 Å². The molecule has 2 aliphatic heterocycles. The number of amides is 1. The second kappa shape index (κ2) is 8.08. The van der Waals surface area contributed by atoms with E-state index in [4.69, 9.17) is 23.7 Å². The van der Waals surface area contributed by atoms with Gasteiger partial charge in [-0.15, -0.1) is 0 Å². The van der Waals surface area contributed by atoms with Crippen molar-refractivity contribution in [2.24, 2.45) is 0 Å². The van der Waals surface area contributed by atoms with Crippen LogP contribution in [0.4, 0.5) is 0 Å². The first-order valence-electron chi connectivity index (χ1n) is 8.87. The Morgan fingerprint density at radius 1 is 0.857 bits per heavy atom. The second-order valence-electron chi connectivity index (χ2n) is 6.28. The summed E-state index contributed by atoms with van der Waals surface area (Å²) in [6.45, 7) is 1.15. The lowest BCUT2D eigenvalue weighted by atomic mass is 10.1. The van der Waals surface area contributed by atoms with Crippen molar-refractivity contribution < 1.29 is 33.3 Å². The van der Waals surface area contributed by atoms with Crippen molar-refractivity contribution in [1.82, 2.24) is 5.32 Å². The van der Waals surface area contributed by atoms with E-state index in [1.54, 1.807) is 30.3 Å². The molecule has 2 aliphatic rings. The maximum absolute atomic E-state index is 12.0. The fourth-order valence-electron chi connectivity index (χ4n) is 2.86. The molecule has 0 radical (unpaired) electrons. The van der Waals surface area contributed by atoms with Gasteiger partial charge in [-0.25, -0.2) is 0 Å². The van der Waals surface area contributed by atoms with Crippen molar-refractivity contribution in [3.05, 3.63) is 47.5 Å². The third kappa shape index (κ3) is 4.28. The highest BCUT2D eigenvalue weighted by Crippen LogP contribution is 2.32. The normalized spacial score (nSPS) is 13.7. The molecular formula is C20H19NO7. The number of ether oxygens (including phenoxy) is 5. The molecule has 0 bridgehead atoms. The van der Waals surface area contributed by atoms with E-state index in [2.05, 4.69) is 5.32 Å². The first-order valence-corrected chi connectivity index (χ1v) is 8.87. The minimum absolute atomic E-state index is 0.0477. The highest BCUT2D eigenvalue weighted by atomic mass is 16.7. The molecular weight excluding hydrogens is 366 g/mol. The van der Waals surface area contributed by atoms with Gasteiger partial charge in [0.2, 0.25) is 6.79 Å². The van der Waals surface area contributed by atoms with Crippen LogP contribution >= 0.6 is 0 Å². The van der Waals surface area contributed by atoms with E-state index >= 15 is 0 Å². The summed E-state index contributed by atoms with van der Waals surface area (Å²) in [5.41, 5.74) is 1.59. The molecule has 0 spiro atoms. The molecule has 146 valence electrons. The molecule has 0 saturated heterocycles. The Balaban J connectivity index is 1.21. The van der Waals surface area contributed by atoms with Crippen LogP contribution in [0.2, 0.25) is 0 Å². The maximum atomic E-state index is 12.0. The number of esters is 1. The van der Waals surface area contributed by atoms with Crippen molar-refractivity contribution >= 4 is 11.9 Å². The number of benzene rings is 2. The minimum atomic E-state index is -0.491. The van der Waals surface area contributed by atoms with Gasteiger partial charge >= 0.3 is 5.97 Å². The molecule has 0 atom stereocenters. The summed E-state index contributed by atoms with van der Waals surface area (Å²) in [5.74, 6) is 1.73. The summed E-state index contributed by atoms with van der Waals surface area (Å²) in [5, 5.41) is 2.70. The van der Waals surface area contributed by atoms with Crippen LogP contribution in [0, 0.1) is 0 Å². The van der Waals surface area contributed by atoms with E-state index in [0.29, 0.717) is 42.8 Å². The zero-order valence-corrected chi connectivity index (χ0v) is 15.1. The van der Waals surface area contributed by atoms with Crippen LogP contribution in [0.3, 0.4) is 0 Å². The van der Waals surface area contributed by atoms with Gasteiger partial charge in [-0.05, 0) is 35.4 Å². The molecule has 2 heterocycles. The highest BCUT2D eigenvalue weighted by molar-refractivity contribution is 5.81. The van der Waals surface area contributed by atoms with Crippen molar-refractivity contribution in [3.8, 4) is 23.0 Å². The molecule has 0 aromatic heterocycles. The summed E-state index contributed by atoms with van der Waals surface area (Å²) >= 11 is 0. The summed E-state index contributed by atoms with van der Waals surface area (Å²) in [6, 6.07) is 10.7. The van der Waals surface area contributed by atoms with Crippen LogP contribution < -0.4 is 24.3 Å². The van der Waals surface area contributed by atoms with Crippen LogP contribution in [0.1, 0.15) is 11.1 Å².